The lowest BCUT2D eigenvalue weighted by molar-refractivity contribution is 0.177. The third-order valence-corrected chi connectivity index (χ3v) is 4.87. The third-order valence-electron chi connectivity index (χ3n) is 2.72. The molecule has 2 unspecified atom stereocenters. The van der Waals surface area contributed by atoms with E-state index in [-0.39, 0.29) is 23.6 Å². The summed E-state index contributed by atoms with van der Waals surface area (Å²) in [5.74, 6) is 0.352. The average molecular weight is 280 g/mol. The Morgan fingerprint density at radius 3 is 2.82 bits per heavy atom. The highest BCUT2D eigenvalue weighted by molar-refractivity contribution is 7.91. The second-order valence-electron chi connectivity index (χ2n) is 4.46. The quantitative estimate of drug-likeness (QED) is 0.735. The first-order chi connectivity index (χ1) is 7.85. The Bertz CT molecular complexity index is 370. The summed E-state index contributed by atoms with van der Waals surface area (Å²) in [6.07, 6.45) is 0. The van der Waals surface area contributed by atoms with E-state index in [1.54, 1.807) is 7.11 Å². The molecule has 0 aromatic carbocycles. The number of rotatable bonds is 3. The van der Waals surface area contributed by atoms with Crippen molar-refractivity contribution in [1.82, 2.24) is 10.2 Å². The zero-order chi connectivity index (χ0) is 13.1. The van der Waals surface area contributed by atoms with Gasteiger partial charge in [0, 0.05) is 25.7 Å². The zero-order valence-electron chi connectivity index (χ0n) is 10.5. The normalized spacial score (nSPS) is 25.4. The van der Waals surface area contributed by atoms with Gasteiger partial charge in [-0.15, -0.1) is 0 Å². The monoisotopic (exact) mass is 280 g/mol. The minimum absolute atomic E-state index is 0.0662. The number of methoxy groups -OCH3 is 1. The highest BCUT2D eigenvalue weighted by Crippen LogP contribution is 2.11. The molecule has 1 aliphatic rings. The molecule has 1 heterocycles. The zero-order valence-corrected chi connectivity index (χ0v) is 12.1. The number of hydrogen-bond donors (Lipinski definition) is 1. The highest BCUT2D eigenvalue weighted by atomic mass is 32.2. The molecule has 0 radical (unpaired) electrons. The molecule has 0 aliphatic carbocycles. The Balaban J connectivity index is 2.53. The summed E-state index contributed by atoms with van der Waals surface area (Å²) in [4.78, 5) is 1.93. The molecule has 0 aromatic rings. The van der Waals surface area contributed by atoms with Crippen molar-refractivity contribution in [2.45, 2.75) is 25.9 Å². The Morgan fingerprint density at radius 2 is 2.29 bits per heavy atom. The summed E-state index contributed by atoms with van der Waals surface area (Å²) in [6.45, 7) is 4.89. The Hall–Kier alpha value is -0.400. The summed E-state index contributed by atoms with van der Waals surface area (Å²) in [7, 11) is -1.25. The van der Waals surface area contributed by atoms with Crippen LogP contribution in [-0.2, 0) is 14.6 Å². The largest absolute Gasteiger partial charge is 0.383 e. The van der Waals surface area contributed by atoms with Crippen LogP contribution in [0.25, 0.3) is 0 Å². The molecule has 1 rings (SSSR count). The van der Waals surface area contributed by atoms with E-state index in [0.717, 1.165) is 0 Å². The lowest BCUT2D eigenvalue weighted by Crippen LogP contribution is -2.54. The molecule has 0 amide bonds. The molecule has 0 saturated carbocycles. The molecule has 1 saturated heterocycles. The maximum Gasteiger partial charge on any atom is 0.169 e. The molecule has 1 N–H and O–H groups in total. The van der Waals surface area contributed by atoms with E-state index < -0.39 is 9.84 Å². The van der Waals surface area contributed by atoms with Crippen molar-refractivity contribution < 1.29 is 13.2 Å². The Kier molecular flexibility index (Phi) is 5.15. The van der Waals surface area contributed by atoms with E-state index in [2.05, 4.69) is 5.32 Å². The molecule has 2 atom stereocenters. The first-order valence-corrected chi connectivity index (χ1v) is 7.85. The van der Waals surface area contributed by atoms with Crippen LogP contribution in [0.15, 0.2) is 0 Å². The first-order valence-electron chi connectivity index (χ1n) is 5.62. The molecule has 0 aromatic heterocycles. The molecule has 0 spiro atoms. The van der Waals surface area contributed by atoms with E-state index >= 15 is 0 Å². The maximum atomic E-state index is 11.4. The van der Waals surface area contributed by atoms with Crippen molar-refractivity contribution in [2.75, 3.05) is 31.8 Å². The van der Waals surface area contributed by atoms with Crippen LogP contribution in [0.1, 0.15) is 13.8 Å². The maximum absolute atomic E-state index is 11.4. The van der Waals surface area contributed by atoms with Crippen LogP contribution in [-0.4, -0.2) is 62.3 Å². The highest BCUT2D eigenvalue weighted by Gasteiger charge is 2.29. The van der Waals surface area contributed by atoms with E-state index in [1.165, 1.54) is 0 Å². The second-order valence-corrected chi connectivity index (χ2v) is 7.08. The third kappa shape index (κ3) is 4.40. The van der Waals surface area contributed by atoms with Crippen LogP contribution >= 0.6 is 12.2 Å². The molecule has 17 heavy (non-hydrogen) atoms. The Morgan fingerprint density at radius 1 is 1.65 bits per heavy atom. The fraction of sp³-hybridized carbons (Fsp3) is 0.900. The van der Waals surface area contributed by atoms with Gasteiger partial charge >= 0.3 is 0 Å². The number of thiocarbonyl (C=S) groups is 1. The van der Waals surface area contributed by atoms with Crippen LogP contribution in [0.3, 0.4) is 0 Å². The number of ether oxygens (including phenoxy) is 1. The van der Waals surface area contributed by atoms with Gasteiger partial charge in [-0.05, 0) is 26.1 Å². The van der Waals surface area contributed by atoms with Crippen molar-refractivity contribution in [1.29, 1.82) is 0 Å². The van der Waals surface area contributed by atoms with Gasteiger partial charge in [-0.3, -0.25) is 0 Å². The fourth-order valence-corrected chi connectivity index (χ4v) is 3.91. The van der Waals surface area contributed by atoms with Gasteiger partial charge in [0.25, 0.3) is 0 Å². The molecular formula is C10H20N2O3S2. The van der Waals surface area contributed by atoms with Gasteiger partial charge in [0.15, 0.2) is 14.9 Å². The smallest absolute Gasteiger partial charge is 0.169 e. The van der Waals surface area contributed by atoms with E-state index in [4.69, 9.17) is 17.0 Å². The van der Waals surface area contributed by atoms with Gasteiger partial charge in [0.05, 0.1) is 18.1 Å². The van der Waals surface area contributed by atoms with Crippen molar-refractivity contribution in [3.05, 3.63) is 0 Å². The van der Waals surface area contributed by atoms with Crippen LogP contribution in [0, 0.1) is 0 Å². The summed E-state index contributed by atoms with van der Waals surface area (Å²) in [6, 6.07) is 0.0572. The molecule has 1 aliphatic heterocycles. The summed E-state index contributed by atoms with van der Waals surface area (Å²) < 4.78 is 27.9. The number of hydrogen-bond acceptors (Lipinski definition) is 4. The number of nitrogens with zero attached hydrogens (tertiary/aromatic N) is 1. The van der Waals surface area contributed by atoms with Crippen molar-refractivity contribution >= 4 is 27.2 Å². The van der Waals surface area contributed by atoms with Gasteiger partial charge in [-0.1, -0.05) is 0 Å². The van der Waals surface area contributed by atoms with Crippen molar-refractivity contribution in [3.63, 3.8) is 0 Å². The minimum atomic E-state index is -2.89. The molecular weight excluding hydrogens is 260 g/mol. The second kappa shape index (κ2) is 5.97. The van der Waals surface area contributed by atoms with E-state index in [9.17, 15) is 8.42 Å². The van der Waals surface area contributed by atoms with Gasteiger partial charge in [-0.25, -0.2) is 8.42 Å². The van der Waals surface area contributed by atoms with Crippen LogP contribution in [0.5, 0.6) is 0 Å². The van der Waals surface area contributed by atoms with Gasteiger partial charge in [-0.2, -0.15) is 0 Å². The molecule has 7 heteroatoms. The van der Waals surface area contributed by atoms with Crippen LogP contribution in [0.4, 0.5) is 0 Å². The van der Waals surface area contributed by atoms with Crippen molar-refractivity contribution in [2.24, 2.45) is 0 Å². The van der Waals surface area contributed by atoms with Gasteiger partial charge in [0.2, 0.25) is 0 Å². The fourth-order valence-electron chi connectivity index (χ4n) is 1.89. The lowest BCUT2D eigenvalue weighted by atomic mass is 10.3. The summed E-state index contributed by atoms with van der Waals surface area (Å²) in [5, 5.41) is 3.75. The molecule has 5 nitrogen and oxygen atoms in total. The molecule has 100 valence electrons. The SMILES string of the molecule is COCC(C)NC(=S)N1CCS(=O)(=O)CC1C. The Labute approximate surface area is 108 Å². The number of sulfone groups is 1. The topological polar surface area (TPSA) is 58.6 Å². The average Bonchev–Trinajstić information content (AvgIpc) is 2.15. The number of nitrogens with one attached hydrogen (secondary N) is 1. The van der Waals surface area contributed by atoms with Gasteiger partial charge in [0.1, 0.15) is 0 Å². The molecule has 1 fully saturated rings. The molecule has 0 bridgehead atoms. The summed E-state index contributed by atoms with van der Waals surface area (Å²) in [5.41, 5.74) is 0. The van der Waals surface area contributed by atoms with Crippen LogP contribution < -0.4 is 5.32 Å². The van der Waals surface area contributed by atoms with Crippen molar-refractivity contribution in [3.8, 4) is 0 Å². The lowest BCUT2D eigenvalue weighted by Gasteiger charge is -2.36. The standard InChI is InChI=1S/C10H20N2O3S2/c1-8(6-15-3)11-10(16)12-4-5-17(13,14)7-9(12)2/h8-9H,4-7H2,1-3H3,(H,11,16). The van der Waals surface area contributed by atoms with Crippen LogP contribution in [0.2, 0.25) is 0 Å². The van der Waals surface area contributed by atoms with Gasteiger partial charge < -0.3 is 15.0 Å². The van der Waals surface area contributed by atoms with E-state index in [1.807, 2.05) is 18.7 Å². The predicted molar refractivity (Wildman–Crippen MR) is 71.9 cm³/mol. The first kappa shape index (κ1) is 14.7. The minimum Gasteiger partial charge on any atom is -0.383 e. The summed E-state index contributed by atoms with van der Waals surface area (Å²) >= 11 is 5.28. The predicted octanol–water partition coefficient (Wildman–Crippen LogP) is 0.0147. The van der Waals surface area contributed by atoms with E-state index in [0.29, 0.717) is 18.3 Å².